The van der Waals surface area contributed by atoms with Crippen molar-refractivity contribution in [2.45, 2.75) is 26.2 Å². The Bertz CT molecular complexity index is 760. The molecule has 0 atom stereocenters. The molecule has 0 aliphatic carbocycles. The fourth-order valence-electron chi connectivity index (χ4n) is 2.13. The standard InChI is InChI=1S/C18H19FN2O3S/c1-12-4-5-14(13(19)11-12)21-18(24)8-9-20-17(23)7-6-15(22)16-3-2-10-25-16/h2-5,10-11H,6-9H2,1H3,(H,20,23)(H,21,24). The van der Waals surface area contributed by atoms with E-state index in [1.54, 1.807) is 25.1 Å². The summed E-state index contributed by atoms with van der Waals surface area (Å²) in [6.07, 6.45) is 0.232. The highest BCUT2D eigenvalue weighted by Crippen LogP contribution is 2.15. The highest BCUT2D eigenvalue weighted by molar-refractivity contribution is 7.12. The van der Waals surface area contributed by atoms with Crippen LogP contribution in [0.2, 0.25) is 0 Å². The highest BCUT2D eigenvalue weighted by atomic mass is 32.1. The number of carbonyl (C=O) groups is 3. The average molecular weight is 362 g/mol. The second kappa shape index (κ2) is 9.08. The molecule has 0 bridgehead atoms. The van der Waals surface area contributed by atoms with Crippen molar-refractivity contribution in [3.63, 3.8) is 0 Å². The van der Waals surface area contributed by atoms with Gasteiger partial charge in [0.1, 0.15) is 5.82 Å². The van der Waals surface area contributed by atoms with E-state index < -0.39 is 11.7 Å². The van der Waals surface area contributed by atoms with E-state index in [4.69, 9.17) is 0 Å². The van der Waals surface area contributed by atoms with Gasteiger partial charge in [-0.05, 0) is 36.1 Å². The first-order valence-corrected chi connectivity index (χ1v) is 8.73. The molecule has 0 fully saturated rings. The maximum absolute atomic E-state index is 13.6. The lowest BCUT2D eigenvalue weighted by Gasteiger charge is -2.08. The number of Topliss-reactive ketones (excluding diaryl/α,β-unsaturated/α-hetero) is 1. The zero-order valence-corrected chi connectivity index (χ0v) is 14.6. The molecule has 5 nitrogen and oxygen atoms in total. The van der Waals surface area contributed by atoms with Gasteiger partial charge in [-0.15, -0.1) is 11.3 Å². The smallest absolute Gasteiger partial charge is 0.226 e. The van der Waals surface area contributed by atoms with Crippen LogP contribution in [0.25, 0.3) is 0 Å². The van der Waals surface area contributed by atoms with Gasteiger partial charge in [-0.25, -0.2) is 4.39 Å². The van der Waals surface area contributed by atoms with Gasteiger partial charge in [-0.1, -0.05) is 12.1 Å². The molecule has 0 radical (unpaired) electrons. The molecule has 1 aromatic heterocycles. The number of ketones is 1. The van der Waals surface area contributed by atoms with Crippen molar-refractivity contribution in [1.82, 2.24) is 5.32 Å². The van der Waals surface area contributed by atoms with Crippen LogP contribution in [0, 0.1) is 12.7 Å². The van der Waals surface area contributed by atoms with E-state index >= 15 is 0 Å². The minimum absolute atomic E-state index is 0.0257. The monoisotopic (exact) mass is 362 g/mol. The SMILES string of the molecule is Cc1ccc(NC(=O)CCNC(=O)CCC(=O)c2cccs2)c(F)c1. The molecule has 0 saturated carbocycles. The fourth-order valence-corrected chi connectivity index (χ4v) is 2.82. The number of hydrogen-bond donors (Lipinski definition) is 2. The summed E-state index contributed by atoms with van der Waals surface area (Å²) in [4.78, 5) is 35.9. The minimum Gasteiger partial charge on any atom is -0.356 e. The van der Waals surface area contributed by atoms with Crippen molar-refractivity contribution in [1.29, 1.82) is 0 Å². The Morgan fingerprint density at radius 2 is 1.88 bits per heavy atom. The van der Waals surface area contributed by atoms with Crippen LogP contribution >= 0.6 is 11.3 Å². The molecular weight excluding hydrogens is 343 g/mol. The highest BCUT2D eigenvalue weighted by Gasteiger charge is 2.11. The summed E-state index contributed by atoms with van der Waals surface area (Å²) in [5.41, 5.74) is 0.878. The largest absolute Gasteiger partial charge is 0.356 e. The number of halogens is 1. The number of anilines is 1. The Labute approximate surface area is 149 Å². The third-order valence-electron chi connectivity index (χ3n) is 3.45. The van der Waals surface area contributed by atoms with Crippen LogP contribution in [-0.4, -0.2) is 24.1 Å². The summed E-state index contributed by atoms with van der Waals surface area (Å²) < 4.78 is 13.6. The van der Waals surface area contributed by atoms with Crippen molar-refractivity contribution >= 4 is 34.6 Å². The topological polar surface area (TPSA) is 75.3 Å². The first kappa shape index (κ1) is 18.8. The summed E-state index contributed by atoms with van der Waals surface area (Å²) in [7, 11) is 0. The van der Waals surface area contributed by atoms with E-state index in [9.17, 15) is 18.8 Å². The Morgan fingerprint density at radius 1 is 1.08 bits per heavy atom. The normalized spacial score (nSPS) is 10.3. The molecule has 2 amide bonds. The first-order valence-electron chi connectivity index (χ1n) is 7.85. The molecule has 7 heteroatoms. The molecule has 2 rings (SSSR count). The summed E-state index contributed by atoms with van der Waals surface area (Å²) in [5.74, 6) is -1.25. The van der Waals surface area contributed by atoms with Gasteiger partial charge in [0.25, 0.3) is 0 Å². The lowest BCUT2D eigenvalue weighted by atomic mass is 10.2. The molecule has 132 valence electrons. The molecule has 0 saturated heterocycles. The van der Waals surface area contributed by atoms with E-state index in [1.165, 1.54) is 23.5 Å². The predicted molar refractivity (Wildman–Crippen MR) is 95.3 cm³/mol. The fraction of sp³-hybridized carbons (Fsp3) is 0.278. The van der Waals surface area contributed by atoms with Crippen LogP contribution in [0.1, 0.15) is 34.5 Å². The van der Waals surface area contributed by atoms with Gasteiger partial charge in [0.05, 0.1) is 10.6 Å². The van der Waals surface area contributed by atoms with Gasteiger partial charge < -0.3 is 10.6 Å². The van der Waals surface area contributed by atoms with Crippen LogP contribution in [0.5, 0.6) is 0 Å². The molecule has 0 unspecified atom stereocenters. The molecule has 2 aromatic rings. The van der Waals surface area contributed by atoms with E-state index in [-0.39, 0.29) is 43.2 Å². The summed E-state index contributed by atoms with van der Waals surface area (Å²) in [5, 5.41) is 6.85. The quantitative estimate of drug-likeness (QED) is 0.708. The summed E-state index contributed by atoms with van der Waals surface area (Å²) in [6.45, 7) is 1.89. The molecule has 0 spiro atoms. The average Bonchev–Trinajstić information content (AvgIpc) is 3.10. The second-order valence-corrected chi connectivity index (χ2v) is 6.48. The number of aryl methyl sites for hydroxylation is 1. The van der Waals surface area contributed by atoms with Gasteiger partial charge in [-0.3, -0.25) is 14.4 Å². The molecule has 0 aliphatic heterocycles. The number of amides is 2. The van der Waals surface area contributed by atoms with Gasteiger partial charge in [-0.2, -0.15) is 0 Å². The van der Waals surface area contributed by atoms with Gasteiger partial charge >= 0.3 is 0 Å². The minimum atomic E-state index is -0.496. The van der Waals surface area contributed by atoms with E-state index in [2.05, 4.69) is 10.6 Å². The number of nitrogens with one attached hydrogen (secondary N) is 2. The van der Waals surface area contributed by atoms with Crippen molar-refractivity contribution < 1.29 is 18.8 Å². The van der Waals surface area contributed by atoms with E-state index in [1.807, 2.05) is 5.38 Å². The zero-order valence-electron chi connectivity index (χ0n) is 13.8. The Morgan fingerprint density at radius 3 is 2.56 bits per heavy atom. The van der Waals surface area contributed by atoms with Crippen LogP contribution in [-0.2, 0) is 9.59 Å². The van der Waals surface area contributed by atoms with Crippen LogP contribution in [0.4, 0.5) is 10.1 Å². The van der Waals surface area contributed by atoms with Gasteiger partial charge in [0.2, 0.25) is 11.8 Å². The van der Waals surface area contributed by atoms with Gasteiger partial charge in [0, 0.05) is 25.8 Å². The third kappa shape index (κ3) is 6.11. The zero-order chi connectivity index (χ0) is 18.2. The lowest BCUT2D eigenvalue weighted by Crippen LogP contribution is -2.28. The third-order valence-corrected chi connectivity index (χ3v) is 4.36. The number of carbonyl (C=O) groups excluding carboxylic acids is 3. The maximum Gasteiger partial charge on any atom is 0.226 e. The molecule has 0 aliphatic rings. The first-order chi connectivity index (χ1) is 12.0. The van der Waals surface area contributed by atoms with Gasteiger partial charge in [0.15, 0.2) is 5.78 Å². The Kier molecular flexibility index (Phi) is 6.82. The Hall–Kier alpha value is -2.54. The maximum atomic E-state index is 13.6. The van der Waals surface area contributed by atoms with Crippen LogP contribution in [0.3, 0.4) is 0 Å². The molecule has 1 aromatic carbocycles. The number of thiophene rings is 1. The Balaban J connectivity index is 1.66. The van der Waals surface area contributed by atoms with Crippen molar-refractivity contribution in [2.75, 3.05) is 11.9 Å². The summed E-state index contributed by atoms with van der Waals surface area (Å²) in [6, 6.07) is 8.04. The lowest BCUT2D eigenvalue weighted by molar-refractivity contribution is -0.121. The molecule has 2 N–H and O–H groups in total. The number of rotatable bonds is 8. The molecule has 1 heterocycles. The second-order valence-electron chi connectivity index (χ2n) is 5.53. The van der Waals surface area contributed by atoms with E-state index in [0.29, 0.717) is 4.88 Å². The van der Waals surface area contributed by atoms with Crippen molar-refractivity contribution in [3.8, 4) is 0 Å². The number of benzene rings is 1. The molecule has 25 heavy (non-hydrogen) atoms. The van der Waals surface area contributed by atoms with E-state index in [0.717, 1.165) is 5.56 Å². The van der Waals surface area contributed by atoms with Crippen molar-refractivity contribution in [2.24, 2.45) is 0 Å². The van der Waals surface area contributed by atoms with Crippen LogP contribution in [0.15, 0.2) is 35.7 Å². The van der Waals surface area contributed by atoms with Crippen molar-refractivity contribution in [3.05, 3.63) is 52.0 Å². The summed E-state index contributed by atoms with van der Waals surface area (Å²) >= 11 is 1.34. The molecular formula is C18H19FN2O3S. The van der Waals surface area contributed by atoms with Crippen LogP contribution < -0.4 is 10.6 Å². The number of hydrogen-bond acceptors (Lipinski definition) is 4. The predicted octanol–water partition coefficient (Wildman–Crippen LogP) is 3.30.